The number of piperidine rings is 1. The van der Waals surface area contributed by atoms with E-state index in [1.165, 1.54) is 0 Å². The van der Waals surface area contributed by atoms with Gasteiger partial charge in [-0.1, -0.05) is 35.0 Å². The van der Waals surface area contributed by atoms with E-state index in [2.05, 4.69) is 48.4 Å². The second-order valence-electron chi connectivity index (χ2n) is 10.6. The first-order valence-corrected chi connectivity index (χ1v) is 14.6. The molecule has 0 radical (unpaired) electrons. The van der Waals surface area contributed by atoms with Crippen molar-refractivity contribution in [3.05, 3.63) is 59.7 Å². The molecule has 2 heterocycles. The number of alkyl halides is 4. The van der Waals surface area contributed by atoms with Crippen LogP contribution in [-0.4, -0.2) is 69.6 Å². The van der Waals surface area contributed by atoms with Gasteiger partial charge in [0.1, 0.15) is 5.75 Å². The second kappa shape index (κ2) is 12.7. The van der Waals surface area contributed by atoms with E-state index in [0.717, 1.165) is 16.6 Å². The van der Waals surface area contributed by atoms with Gasteiger partial charge in [-0.2, -0.15) is 28.1 Å². The molecule has 14 heteroatoms. The minimum atomic E-state index is -4.56. The maximum atomic E-state index is 12.8. The molecule has 2 aliphatic rings. The number of nitrogens with two attached hydrogens (primary N) is 1. The molecule has 2 aromatic carbocycles. The average molecular weight is 651 g/mol. The standard InChI is InChI=1S/C28H31BrF3N7O3/c1-16(10-29)14-41-20-8-2-17(3-9-20)11-34-25-36-26(38-27(37-25)42-15-28(30,31)32)35-19-6-4-18(5-7-19)24(40)39-12-21-22(13-39)23(21)33/h2-9,16,21-23H,10-15,33H2,1H3,(H2,34,35,36,37,38). The monoisotopic (exact) mass is 649 g/mol. The fourth-order valence-electron chi connectivity index (χ4n) is 4.62. The number of anilines is 3. The van der Waals surface area contributed by atoms with E-state index in [1.807, 2.05) is 24.3 Å². The number of nitrogens with one attached hydrogen (secondary N) is 2. The van der Waals surface area contributed by atoms with Crippen LogP contribution in [-0.2, 0) is 6.54 Å². The fraction of sp³-hybridized carbons (Fsp3) is 0.429. The summed E-state index contributed by atoms with van der Waals surface area (Å²) in [5.41, 5.74) is 7.90. The number of aromatic nitrogens is 3. The summed E-state index contributed by atoms with van der Waals surface area (Å²) in [6.45, 7) is 2.73. The van der Waals surface area contributed by atoms with Crippen LogP contribution in [0.4, 0.5) is 30.8 Å². The number of carbonyl (C=O) groups is 1. The fourth-order valence-corrected chi connectivity index (χ4v) is 4.80. The molecule has 0 bridgehead atoms. The van der Waals surface area contributed by atoms with Crippen molar-refractivity contribution in [2.45, 2.75) is 25.7 Å². The number of hydrogen-bond donors (Lipinski definition) is 3. The minimum Gasteiger partial charge on any atom is -0.493 e. The summed E-state index contributed by atoms with van der Waals surface area (Å²) in [6.07, 6.45) is -4.56. The van der Waals surface area contributed by atoms with Crippen LogP contribution in [0.15, 0.2) is 48.5 Å². The van der Waals surface area contributed by atoms with Crippen molar-refractivity contribution in [1.29, 1.82) is 0 Å². The summed E-state index contributed by atoms with van der Waals surface area (Å²) in [5.74, 6) is 1.81. The van der Waals surface area contributed by atoms with Crippen LogP contribution in [0.1, 0.15) is 22.8 Å². The van der Waals surface area contributed by atoms with Crippen LogP contribution in [0.25, 0.3) is 0 Å². The Labute approximate surface area is 249 Å². The third-order valence-corrected chi connectivity index (χ3v) is 8.19. The van der Waals surface area contributed by atoms with E-state index in [0.29, 0.717) is 55.2 Å². The molecule has 10 nitrogen and oxygen atoms in total. The highest BCUT2D eigenvalue weighted by molar-refractivity contribution is 9.09. The number of hydrogen-bond acceptors (Lipinski definition) is 9. The Morgan fingerprint density at radius 3 is 2.36 bits per heavy atom. The smallest absolute Gasteiger partial charge is 0.422 e. The van der Waals surface area contributed by atoms with Gasteiger partial charge in [0, 0.05) is 42.3 Å². The van der Waals surface area contributed by atoms with Gasteiger partial charge in [0.05, 0.1) is 6.61 Å². The normalized spacial score (nSPS) is 20.0. The van der Waals surface area contributed by atoms with Crippen molar-refractivity contribution in [1.82, 2.24) is 19.9 Å². The van der Waals surface area contributed by atoms with Crippen molar-refractivity contribution in [2.24, 2.45) is 23.5 Å². The topological polar surface area (TPSA) is 128 Å². The van der Waals surface area contributed by atoms with Gasteiger partial charge < -0.3 is 30.7 Å². The molecule has 0 spiro atoms. The Bertz CT molecular complexity index is 1370. The molecule has 4 N–H and O–H groups in total. The Morgan fingerprint density at radius 1 is 1.05 bits per heavy atom. The average Bonchev–Trinajstić information content (AvgIpc) is 3.35. The highest BCUT2D eigenvalue weighted by Crippen LogP contribution is 2.44. The van der Waals surface area contributed by atoms with E-state index < -0.39 is 18.8 Å². The van der Waals surface area contributed by atoms with Gasteiger partial charge in [0.25, 0.3) is 5.91 Å². The number of fused-ring (bicyclic) bond motifs is 1. The molecule has 5 rings (SSSR count). The molecule has 3 unspecified atom stereocenters. The Kier molecular flexibility index (Phi) is 9.02. The predicted octanol–water partition coefficient (Wildman–Crippen LogP) is 4.61. The number of likely N-dealkylation sites (tertiary alicyclic amines) is 1. The quantitative estimate of drug-likeness (QED) is 0.241. The maximum absolute atomic E-state index is 12.8. The van der Waals surface area contributed by atoms with Gasteiger partial charge in [-0.25, -0.2) is 0 Å². The molecule has 1 amide bonds. The van der Waals surface area contributed by atoms with Crippen molar-refractivity contribution in [2.75, 3.05) is 42.3 Å². The first-order valence-electron chi connectivity index (χ1n) is 13.5. The molecule has 42 heavy (non-hydrogen) atoms. The predicted molar refractivity (Wildman–Crippen MR) is 154 cm³/mol. The molecule has 1 aliphatic carbocycles. The van der Waals surface area contributed by atoms with Crippen LogP contribution >= 0.6 is 15.9 Å². The lowest BCUT2D eigenvalue weighted by molar-refractivity contribution is -0.154. The van der Waals surface area contributed by atoms with Gasteiger partial charge in [-0.15, -0.1) is 0 Å². The number of benzene rings is 2. The molecule has 224 valence electrons. The molecule has 3 aromatic rings. The van der Waals surface area contributed by atoms with E-state index in [9.17, 15) is 18.0 Å². The van der Waals surface area contributed by atoms with Gasteiger partial charge in [0.15, 0.2) is 6.61 Å². The van der Waals surface area contributed by atoms with Gasteiger partial charge >= 0.3 is 12.2 Å². The van der Waals surface area contributed by atoms with Crippen molar-refractivity contribution in [3.63, 3.8) is 0 Å². The van der Waals surface area contributed by atoms with E-state index >= 15 is 0 Å². The number of amides is 1. The first kappa shape index (κ1) is 29.8. The third-order valence-electron chi connectivity index (χ3n) is 7.09. The van der Waals surface area contributed by atoms with Crippen LogP contribution in [0.5, 0.6) is 11.8 Å². The molecule has 1 aliphatic heterocycles. The number of rotatable bonds is 12. The highest BCUT2D eigenvalue weighted by Gasteiger charge is 2.54. The Balaban J connectivity index is 1.23. The van der Waals surface area contributed by atoms with Crippen molar-refractivity contribution < 1.29 is 27.4 Å². The highest BCUT2D eigenvalue weighted by atomic mass is 79.9. The Morgan fingerprint density at radius 2 is 1.71 bits per heavy atom. The SMILES string of the molecule is CC(CBr)COc1ccc(CNc2nc(Nc3ccc(C(=O)N4CC5C(N)C5C4)cc3)nc(OCC(F)(F)F)n2)cc1. The number of ether oxygens (including phenoxy) is 2. The second-order valence-corrected chi connectivity index (χ2v) is 11.2. The van der Waals surface area contributed by atoms with Gasteiger partial charge in [0.2, 0.25) is 11.9 Å². The largest absolute Gasteiger partial charge is 0.493 e. The summed E-state index contributed by atoms with van der Waals surface area (Å²) >= 11 is 3.42. The number of halogens is 4. The molecule has 1 saturated carbocycles. The zero-order chi connectivity index (χ0) is 29.9. The van der Waals surface area contributed by atoms with Crippen LogP contribution in [0.3, 0.4) is 0 Å². The summed E-state index contributed by atoms with van der Waals surface area (Å²) < 4.78 is 48.9. The Hall–Kier alpha value is -3.65. The van der Waals surface area contributed by atoms with Gasteiger partial charge in [-0.05, 0) is 59.7 Å². The third kappa shape index (κ3) is 7.79. The molecule has 1 saturated heterocycles. The summed E-state index contributed by atoms with van der Waals surface area (Å²) in [7, 11) is 0. The van der Waals surface area contributed by atoms with Crippen LogP contribution < -0.4 is 25.8 Å². The van der Waals surface area contributed by atoms with Crippen LogP contribution in [0.2, 0.25) is 0 Å². The van der Waals surface area contributed by atoms with E-state index in [-0.39, 0.29) is 23.8 Å². The van der Waals surface area contributed by atoms with E-state index in [4.69, 9.17) is 15.2 Å². The lowest BCUT2D eigenvalue weighted by atomic mass is 10.1. The lowest BCUT2D eigenvalue weighted by Gasteiger charge is -2.19. The number of carbonyl (C=O) groups excluding carboxylic acids is 1. The molecular formula is C28H31BrF3N7O3. The molecule has 1 aromatic heterocycles. The van der Waals surface area contributed by atoms with E-state index in [1.54, 1.807) is 29.2 Å². The summed E-state index contributed by atoms with van der Waals surface area (Å²) in [4.78, 5) is 26.9. The molecule has 3 atom stereocenters. The van der Waals surface area contributed by atoms with Crippen molar-refractivity contribution in [3.8, 4) is 11.8 Å². The van der Waals surface area contributed by atoms with Crippen molar-refractivity contribution >= 4 is 39.4 Å². The first-order chi connectivity index (χ1) is 20.1. The summed E-state index contributed by atoms with van der Waals surface area (Å²) in [6, 6.07) is 13.8. The number of nitrogens with zero attached hydrogens (tertiary/aromatic N) is 4. The lowest BCUT2D eigenvalue weighted by Crippen LogP contribution is -2.33. The minimum absolute atomic E-state index is 0.0220. The maximum Gasteiger partial charge on any atom is 0.422 e. The zero-order valence-electron chi connectivity index (χ0n) is 22.8. The zero-order valence-corrected chi connectivity index (χ0v) is 24.4. The summed E-state index contributed by atoms with van der Waals surface area (Å²) in [5, 5.41) is 6.79. The van der Waals surface area contributed by atoms with Gasteiger partial charge in [-0.3, -0.25) is 4.79 Å². The molecular weight excluding hydrogens is 619 g/mol. The molecule has 2 fully saturated rings. The van der Waals surface area contributed by atoms with Crippen LogP contribution in [0, 0.1) is 17.8 Å².